The molecule has 0 fully saturated rings. The number of hydrogen-bond donors (Lipinski definition) is 0. The molecule has 1 N–H and O–H groups in total. The molecule has 4 aromatic rings. The fourth-order valence-corrected chi connectivity index (χ4v) is 3.31. The Morgan fingerprint density at radius 2 is 1.16 bits per heavy atom. The maximum atomic E-state index is 12.6. The van der Waals surface area contributed by atoms with Gasteiger partial charge in [0.1, 0.15) is 0 Å². The third-order valence-electron chi connectivity index (χ3n) is 4.26. The van der Waals surface area contributed by atoms with Gasteiger partial charge in [-0.25, -0.2) is 4.98 Å². The molecule has 0 aliphatic rings. The van der Waals surface area contributed by atoms with Gasteiger partial charge in [-0.1, -0.05) is 35.9 Å². The summed E-state index contributed by atoms with van der Waals surface area (Å²) >= 11 is 6.02. The van der Waals surface area contributed by atoms with Crippen LogP contribution in [0.1, 0.15) is 6.92 Å². The van der Waals surface area contributed by atoms with Gasteiger partial charge in [0.25, 0.3) is 0 Å². The summed E-state index contributed by atoms with van der Waals surface area (Å²) in [6, 6.07) is 23.3. The molecule has 1 aromatic heterocycles. The number of nitrogens with zero attached hydrogens (tertiary/aromatic N) is 1. The molecule has 32 heavy (non-hydrogen) atoms. The molecule has 0 atom stereocenters. The number of carbonyl (C=O) groups excluding carboxylic acids is 1. The first-order chi connectivity index (χ1) is 14.6. The molecule has 3 aromatic carbocycles. The number of aromatic amines is 1. The van der Waals surface area contributed by atoms with Gasteiger partial charge >= 0.3 is 62.1 Å². The predicted molar refractivity (Wildman–Crippen MR) is 143 cm³/mol. The van der Waals surface area contributed by atoms with Gasteiger partial charge in [-0.3, -0.25) is 9.69 Å². The Hall–Kier alpha value is -0.352. The minimum atomic E-state index is -5.42. The number of benzene rings is 3. The maximum absolute atomic E-state index is 12.6. The minimum absolute atomic E-state index is 0.0520. The van der Waals surface area contributed by atoms with Crippen molar-refractivity contribution in [2.45, 2.75) is 6.92 Å². The normalized spacial score (nSPS) is 13.6. The van der Waals surface area contributed by atoms with E-state index in [1.807, 2.05) is 60.7 Å². The second-order valence-corrected chi connectivity index (χ2v) is 64.2. The SMILES string of the molecule is CC(=O)N(c1ccc(Cl)cc1)c1c2ccccc2[nH+]c2ccccc12.[Cl][Sb-]([Cl])([Cl])([Cl])([Cl])[Cl]. The Bertz CT molecular complexity index is 1240. The second-order valence-electron chi connectivity index (χ2n) is 6.85. The van der Waals surface area contributed by atoms with Gasteiger partial charge in [0.15, 0.2) is 0 Å². The van der Waals surface area contributed by atoms with E-state index in [1.54, 1.807) is 24.0 Å². The molecule has 0 aliphatic heterocycles. The summed E-state index contributed by atoms with van der Waals surface area (Å²) in [5.74, 6) is -0.0520. The molecule has 0 radical (unpaired) electrons. The second kappa shape index (κ2) is 9.02. The van der Waals surface area contributed by atoms with Crippen molar-refractivity contribution in [1.29, 1.82) is 0 Å². The van der Waals surface area contributed by atoms with Crippen molar-refractivity contribution < 1.29 is 9.78 Å². The number of carbonyl (C=O) groups is 1. The molecule has 1 amide bonds. The Morgan fingerprint density at radius 1 is 0.750 bits per heavy atom. The number of rotatable bonds is 2. The average molecular weight is 682 g/mol. The molecule has 0 saturated carbocycles. The van der Waals surface area contributed by atoms with E-state index in [0.29, 0.717) is 5.02 Å². The summed E-state index contributed by atoms with van der Waals surface area (Å²) in [5.41, 5.74) is 3.63. The van der Waals surface area contributed by atoms with Crippen LogP contribution >= 0.6 is 64.6 Å². The molecule has 0 unspecified atom stereocenters. The van der Waals surface area contributed by atoms with Crippen LogP contribution in [0.2, 0.25) is 5.02 Å². The third-order valence-corrected chi connectivity index (χ3v) is 4.51. The summed E-state index contributed by atoms with van der Waals surface area (Å²) < 4.78 is 0. The van der Waals surface area contributed by atoms with Gasteiger partial charge in [0.05, 0.1) is 16.5 Å². The molecule has 3 nitrogen and oxygen atoms in total. The van der Waals surface area contributed by atoms with E-state index in [0.717, 1.165) is 33.2 Å². The van der Waals surface area contributed by atoms with Crippen LogP contribution in [0.5, 0.6) is 0 Å². The van der Waals surface area contributed by atoms with Crippen molar-refractivity contribution >= 4 is 113 Å². The molecule has 11 heteroatoms. The van der Waals surface area contributed by atoms with Gasteiger partial charge in [-0.15, -0.1) is 0 Å². The van der Waals surface area contributed by atoms with Crippen molar-refractivity contribution in [2.24, 2.45) is 0 Å². The van der Waals surface area contributed by atoms with Crippen LogP contribution in [0, 0.1) is 0 Å². The molecule has 4 rings (SSSR count). The van der Waals surface area contributed by atoms with Crippen LogP contribution in [-0.4, -0.2) is 15.0 Å². The Kier molecular flexibility index (Phi) is 7.40. The molecule has 0 spiro atoms. The van der Waals surface area contributed by atoms with Crippen LogP contribution in [0.25, 0.3) is 21.8 Å². The van der Waals surface area contributed by atoms with Crippen LogP contribution < -0.4 is 9.88 Å². The average Bonchev–Trinajstić information content (AvgIpc) is 2.66. The number of hydrogen-bond acceptors (Lipinski definition) is 1. The van der Waals surface area contributed by atoms with E-state index in [-0.39, 0.29) is 5.91 Å². The molecule has 170 valence electrons. The van der Waals surface area contributed by atoms with Crippen LogP contribution in [0.15, 0.2) is 72.8 Å². The fourth-order valence-electron chi connectivity index (χ4n) is 3.19. The zero-order valence-corrected chi connectivity index (χ0v) is 24.2. The number of nitrogens with one attached hydrogen (secondary N) is 1. The Labute approximate surface area is 210 Å². The van der Waals surface area contributed by atoms with Gasteiger partial charge in [0.2, 0.25) is 16.9 Å². The molecule has 0 bridgehead atoms. The molecule has 0 aliphatic carbocycles. The number of para-hydroxylation sites is 2. The van der Waals surface area contributed by atoms with Crippen molar-refractivity contribution in [1.82, 2.24) is 0 Å². The topological polar surface area (TPSA) is 34.5 Å². The van der Waals surface area contributed by atoms with Gasteiger partial charge < -0.3 is 0 Å². The monoisotopic (exact) mass is 678 g/mol. The number of amides is 1. The van der Waals surface area contributed by atoms with Crippen molar-refractivity contribution in [3.8, 4) is 0 Å². The first kappa shape index (κ1) is 26.3. The van der Waals surface area contributed by atoms with Gasteiger partial charge in [-0.2, -0.15) is 0 Å². The number of fused-ring (bicyclic) bond motifs is 2. The van der Waals surface area contributed by atoms with Gasteiger partial charge in [-0.05, 0) is 36.4 Å². The summed E-state index contributed by atoms with van der Waals surface area (Å²) in [6.45, 7) is 1.58. The molecular weight excluding hydrogens is 666 g/mol. The first-order valence-electron chi connectivity index (χ1n) is 9.05. The van der Waals surface area contributed by atoms with E-state index in [4.69, 9.17) is 64.6 Å². The molecule has 0 saturated heterocycles. The van der Waals surface area contributed by atoms with Gasteiger partial charge in [0, 0.05) is 29.8 Å². The van der Waals surface area contributed by atoms with E-state index < -0.39 is 9.14 Å². The van der Waals surface area contributed by atoms with Crippen LogP contribution in [0.3, 0.4) is 0 Å². The first-order valence-corrected chi connectivity index (χ1v) is 28.8. The zero-order valence-electron chi connectivity index (χ0n) is 16.4. The molecular formula is C21H16Cl7N2OSb. The summed E-state index contributed by atoms with van der Waals surface area (Å²) in [6.07, 6.45) is 0. The predicted octanol–water partition coefficient (Wildman–Crippen LogP) is 8.90. The summed E-state index contributed by atoms with van der Waals surface area (Å²) in [5, 5.41) is 2.63. The van der Waals surface area contributed by atoms with E-state index >= 15 is 0 Å². The number of anilines is 2. The Morgan fingerprint density at radius 3 is 1.56 bits per heavy atom. The Balaban J connectivity index is 0.000000360. The summed E-state index contributed by atoms with van der Waals surface area (Å²) in [7, 11) is 25.0. The number of pyridine rings is 1. The number of halogens is 7. The van der Waals surface area contributed by atoms with E-state index in [2.05, 4.69) is 4.98 Å². The van der Waals surface area contributed by atoms with Crippen LogP contribution in [-0.2, 0) is 4.79 Å². The van der Waals surface area contributed by atoms with Crippen molar-refractivity contribution in [2.75, 3.05) is 4.90 Å². The standard InChI is InChI=1S/C21H15ClN2O.6ClH.Sb/c1-14(25)24(16-12-10-15(22)11-13-16)21-17-6-2-4-8-19(17)23-20-9-5-3-7-18(20)21;;;;;;;/h2-13H,1H3;6*1H;/q;;;;;;;+5/p-5. The summed E-state index contributed by atoms with van der Waals surface area (Å²) in [4.78, 5) is 17.8. The van der Waals surface area contributed by atoms with Crippen LogP contribution in [0.4, 0.5) is 11.4 Å². The van der Waals surface area contributed by atoms with Crippen molar-refractivity contribution in [3.63, 3.8) is 0 Å². The number of H-pyrrole nitrogens is 1. The zero-order chi connectivity index (χ0) is 23.8. The third kappa shape index (κ3) is 7.86. The van der Waals surface area contributed by atoms with E-state index in [1.165, 1.54) is 0 Å². The fraction of sp³-hybridized carbons (Fsp3) is 0.0476. The quantitative estimate of drug-likeness (QED) is 0.154. The van der Waals surface area contributed by atoms with Crippen molar-refractivity contribution in [3.05, 3.63) is 77.8 Å². The van der Waals surface area contributed by atoms with E-state index in [9.17, 15) is 4.79 Å². The molecule has 1 heterocycles. The number of aromatic nitrogens is 1.